The van der Waals surface area contributed by atoms with Crippen molar-refractivity contribution in [1.82, 2.24) is 9.97 Å². The average molecular weight is 277 g/mol. The minimum absolute atomic E-state index is 0.0210. The number of halogens is 2. The molecule has 0 radical (unpaired) electrons. The third kappa shape index (κ3) is 1.88. The van der Waals surface area contributed by atoms with Gasteiger partial charge in [0.25, 0.3) is 0 Å². The molecule has 2 rings (SSSR count). The number of amides is 1. The van der Waals surface area contributed by atoms with Gasteiger partial charge in [-0.15, -0.1) is 11.6 Å². The molecule has 1 aliphatic heterocycles. The molecule has 2 heterocycles. The molecule has 1 aromatic heterocycles. The summed E-state index contributed by atoms with van der Waals surface area (Å²) in [5.41, 5.74) is 0. The summed E-state index contributed by atoms with van der Waals surface area (Å²) in [6.45, 7) is 0.488. The van der Waals surface area contributed by atoms with Crippen LogP contribution >= 0.6 is 27.5 Å². The van der Waals surface area contributed by atoms with E-state index in [1.54, 1.807) is 12.4 Å². The number of nitrogens with zero attached hydrogens (tertiary/aromatic N) is 3. The van der Waals surface area contributed by atoms with E-state index in [1.807, 2.05) is 0 Å². The van der Waals surface area contributed by atoms with Crippen LogP contribution in [0.3, 0.4) is 0 Å². The molecule has 1 aliphatic rings. The maximum Gasteiger partial charge on any atom is 0.232 e. The van der Waals surface area contributed by atoms with Crippen molar-refractivity contribution < 1.29 is 4.79 Å². The van der Waals surface area contributed by atoms with Gasteiger partial charge in [0.15, 0.2) is 0 Å². The van der Waals surface area contributed by atoms with Gasteiger partial charge in [-0.25, -0.2) is 9.97 Å². The van der Waals surface area contributed by atoms with E-state index in [0.29, 0.717) is 18.9 Å². The molecule has 1 amide bonds. The van der Waals surface area contributed by atoms with Crippen LogP contribution in [-0.2, 0) is 4.79 Å². The van der Waals surface area contributed by atoms with Gasteiger partial charge < -0.3 is 0 Å². The predicted octanol–water partition coefficient (Wildman–Crippen LogP) is 1.58. The number of aromatic nitrogens is 2. The van der Waals surface area contributed by atoms with Crippen molar-refractivity contribution in [2.75, 3.05) is 11.4 Å². The summed E-state index contributed by atoms with van der Waals surface area (Å²) in [5.74, 6) is 0.397. The number of carbonyl (C=O) groups is 1. The van der Waals surface area contributed by atoms with Crippen LogP contribution in [-0.4, -0.2) is 27.8 Å². The molecule has 0 aliphatic carbocycles. The largest absolute Gasteiger partial charge is 0.279 e. The molecule has 14 heavy (non-hydrogen) atoms. The quantitative estimate of drug-likeness (QED) is 0.732. The normalized spacial score (nSPS) is 21.7. The van der Waals surface area contributed by atoms with Gasteiger partial charge in [0.2, 0.25) is 11.9 Å². The molecule has 1 atom stereocenters. The van der Waals surface area contributed by atoms with Crippen molar-refractivity contribution in [2.24, 2.45) is 0 Å². The van der Waals surface area contributed by atoms with Crippen molar-refractivity contribution >= 4 is 39.4 Å². The van der Waals surface area contributed by atoms with Crippen LogP contribution in [0.15, 0.2) is 16.9 Å². The number of anilines is 1. The lowest BCUT2D eigenvalue weighted by Crippen LogP contribution is -2.26. The van der Waals surface area contributed by atoms with E-state index in [1.165, 1.54) is 4.90 Å². The van der Waals surface area contributed by atoms with Crippen molar-refractivity contribution in [3.05, 3.63) is 16.9 Å². The first-order valence-corrected chi connectivity index (χ1v) is 5.32. The van der Waals surface area contributed by atoms with Crippen LogP contribution in [0.5, 0.6) is 0 Å². The number of rotatable bonds is 1. The van der Waals surface area contributed by atoms with E-state index in [9.17, 15) is 4.79 Å². The second kappa shape index (κ2) is 3.82. The molecule has 1 aromatic rings. The molecule has 6 heteroatoms. The van der Waals surface area contributed by atoms with E-state index in [0.717, 1.165) is 4.47 Å². The lowest BCUT2D eigenvalue weighted by Gasteiger charge is -2.12. The molecule has 0 spiro atoms. The Morgan fingerprint density at radius 3 is 2.64 bits per heavy atom. The van der Waals surface area contributed by atoms with Gasteiger partial charge in [-0.1, -0.05) is 0 Å². The van der Waals surface area contributed by atoms with Gasteiger partial charge in [0.05, 0.1) is 9.85 Å². The summed E-state index contributed by atoms with van der Waals surface area (Å²) in [6.07, 6.45) is 3.58. The Kier molecular flexibility index (Phi) is 2.69. The molecular weight excluding hydrogens is 269 g/mol. The minimum Gasteiger partial charge on any atom is -0.279 e. The Labute approximate surface area is 94.4 Å². The number of hydrogen-bond donors (Lipinski definition) is 0. The van der Waals surface area contributed by atoms with Crippen LogP contribution in [0.25, 0.3) is 0 Å². The van der Waals surface area contributed by atoms with Crippen LogP contribution in [0.2, 0.25) is 0 Å². The highest BCUT2D eigenvalue weighted by molar-refractivity contribution is 9.10. The summed E-state index contributed by atoms with van der Waals surface area (Å²) >= 11 is 9.08. The van der Waals surface area contributed by atoms with E-state index < -0.39 is 0 Å². The zero-order valence-corrected chi connectivity index (χ0v) is 9.49. The smallest absolute Gasteiger partial charge is 0.232 e. The van der Waals surface area contributed by atoms with Gasteiger partial charge in [-0.2, -0.15) is 0 Å². The third-order valence-electron chi connectivity index (χ3n) is 1.93. The first kappa shape index (κ1) is 9.86. The number of hydrogen-bond acceptors (Lipinski definition) is 3. The summed E-state index contributed by atoms with van der Waals surface area (Å²) in [5, 5.41) is -0.130. The lowest BCUT2D eigenvalue weighted by atomic mass is 10.4. The van der Waals surface area contributed by atoms with Gasteiger partial charge >= 0.3 is 0 Å². The summed E-state index contributed by atoms with van der Waals surface area (Å²) < 4.78 is 0.787. The molecule has 0 bridgehead atoms. The van der Waals surface area contributed by atoms with Crippen LogP contribution in [0.1, 0.15) is 6.42 Å². The van der Waals surface area contributed by atoms with Gasteiger partial charge in [0.1, 0.15) is 0 Å². The van der Waals surface area contributed by atoms with Crippen molar-refractivity contribution in [3.8, 4) is 0 Å². The fourth-order valence-electron chi connectivity index (χ4n) is 1.30. The number of alkyl halides is 1. The topological polar surface area (TPSA) is 46.1 Å². The van der Waals surface area contributed by atoms with Gasteiger partial charge in [-0.3, -0.25) is 9.69 Å². The van der Waals surface area contributed by atoms with E-state index in [-0.39, 0.29) is 11.3 Å². The molecule has 0 N–H and O–H groups in total. The SMILES string of the molecule is O=C1CC(Cl)CN1c1ncc(Br)cn1. The highest BCUT2D eigenvalue weighted by Gasteiger charge is 2.30. The average Bonchev–Trinajstić information content (AvgIpc) is 2.47. The Balaban J connectivity index is 2.23. The molecule has 0 saturated carbocycles. The van der Waals surface area contributed by atoms with E-state index in [2.05, 4.69) is 25.9 Å². The maximum atomic E-state index is 11.4. The van der Waals surface area contributed by atoms with E-state index >= 15 is 0 Å². The van der Waals surface area contributed by atoms with Gasteiger partial charge in [-0.05, 0) is 15.9 Å². The third-order valence-corrected chi connectivity index (χ3v) is 2.63. The second-order valence-corrected chi connectivity index (χ2v) is 4.54. The lowest BCUT2D eigenvalue weighted by molar-refractivity contribution is -0.117. The standard InChI is InChI=1S/C8H7BrClN3O/c9-5-2-11-8(12-3-5)13-4-6(10)1-7(13)14/h2-3,6H,1,4H2. The highest BCUT2D eigenvalue weighted by Crippen LogP contribution is 2.21. The molecule has 1 fully saturated rings. The summed E-state index contributed by atoms with van der Waals surface area (Å²) in [6, 6.07) is 0. The molecule has 74 valence electrons. The first-order valence-electron chi connectivity index (χ1n) is 4.09. The highest BCUT2D eigenvalue weighted by atomic mass is 79.9. The van der Waals surface area contributed by atoms with Crippen LogP contribution in [0.4, 0.5) is 5.95 Å². The molecule has 1 unspecified atom stereocenters. The van der Waals surface area contributed by atoms with E-state index in [4.69, 9.17) is 11.6 Å². The zero-order chi connectivity index (χ0) is 10.1. The Morgan fingerprint density at radius 1 is 1.50 bits per heavy atom. The van der Waals surface area contributed by atoms with Crippen molar-refractivity contribution in [3.63, 3.8) is 0 Å². The molecule has 0 aromatic carbocycles. The van der Waals surface area contributed by atoms with Crippen molar-refractivity contribution in [1.29, 1.82) is 0 Å². The summed E-state index contributed by atoms with van der Waals surface area (Å²) in [4.78, 5) is 21.0. The molecular formula is C8H7BrClN3O. The second-order valence-electron chi connectivity index (χ2n) is 3.01. The van der Waals surface area contributed by atoms with Gasteiger partial charge in [0, 0.05) is 25.4 Å². The maximum absolute atomic E-state index is 11.4. The minimum atomic E-state index is -0.130. The fraction of sp³-hybridized carbons (Fsp3) is 0.375. The number of carbonyl (C=O) groups excluding carboxylic acids is 1. The Bertz CT molecular complexity index is 356. The van der Waals surface area contributed by atoms with Crippen LogP contribution < -0.4 is 4.90 Å². The predicted molar refractivity (Wildman–Crippen MR) is 56.3 cm³/mol. The monoisotopic (exact) mass is 275 g/mol. The van der Waals surface area contributed by atoms with Crippen LogP contribution in [0, 0.1) is 0 Å². The summed E-state index contributed by atoms with van der Waals surface area (Å²) in [7, 11) is 0. The zero-order valence-electron chi connectivity index (χ0n) is 7.15. The molecule has 1 saturated heterocycles. The first-order chi connectivity index (χ1) is 6.66. The Morgan fingerprint density at radius 2 is 2.14 bits per heavy atom. The van der Waals surface area contributed by atoms with Crippen molar-refractivity contribution in [2.45, 2.75) is 11.8 Å². The molecule has 4 nitrogen and oxygen atoms in total. The fourth-order valence-corrected chi connectivity index (χ4v) is 1.78. The Hall–Kier alpha value is -0.680.